The summed E-state index contributed by atoms with van der Waals surface area (Å²) >= 11 is 6.02. The highest BCUT2D eigenvalue weighted by Crippen LogP contribution is 2.33. The molecule has 1 aliphatic heterocycles. The topological polar surface area (TPSA) is 100 Å². The Morgan fingerprint density at radius 2 is 2.16 bits per heavy atom. The normalized spacial score (nSPS) is 16.3. The molecule has 31 heavy (non-hydrogen) atoms. The molecular weight excluding hydrogens is 423 g/mol. The highest BCUT2D eigenvalue weighted by molar-refractivity contribution is 6.31. The number of ether oxygens (including phenoxy) is 1. The quantitative estimate of drug-likeness (QED) is 0.513. The van der Waals surface area contributed by atoms with Crippen molar-refractivity contribution in [3.8, 4) is 22.6 Å². The Morgan fingerprint density at radius 3 is 2.90 bits per heavy atom. The van der Waals surface area contributed by atoms with Crippen LogP contribution < -0.4 is 5.73 Å². The van der Waals surface area contributed by atoms with E-state index >= 15 is 0 Å². The SMILES string of the molecule is NC(=O)c1cnc2ccc(-c3c(-c4ccc(F)c(Cl)c4)ncn3C[C@@H]3CCCO3)nn12. The lowest BCUT2D eigenvalue weighted by Gasteiger charge is -2.14. The second-order valence-corrected chi connectivity index (χ2v) is 7.76. The fraction of sp³-hybridized carbons (Fsp3) is 0.238. The van der Waals surface area contributed by atoms with Crippen LogP contribution in [-0.4, -0.2) is 42.8 Å². The van der Waals surface area contributed by atoms with E-state index in [0.717, 1.165) is 19.4 Å². The Hall–Kier alpha value is -3.30. The van der Waals surface area contributed by atoms with Crippen molar-refractivity contribution >= 4 is 23.2 Å². The Bertz CT molecular complexity index is 1290. The number of amides is 1. The average molecular weight is 441 g/mol. The van der Waals surface area contributed by atoms with E-state index in [-0.39, 0.29) is 16.8 Å². The molecule has 5 rings (SSSR count). The lowest BCUT2D eigenvalue weighted by molar-refractivity contribution is 0.0973. The number of hydrogen-bond donors (Lipinski definition) is 1. The first-order chi connectivity index (χ1) is 15.0. The van der Waals surface area contributed by atoms with Gasteiger partial charge in [-0.25, -0.2) is 18.9 Å². The lowest BCUT2D eigenvalue weighted by atomic mass is 10.1. The van der Waals surface area contributed by atoms with Crippen LogP contribution in [-0.2, 0) is 11.3 Å². The summed E-state index contributed by atoms with van der Waals surface area (Å²) in [7, 11) is 0. The van der Waals surface area contributed by atoms with Crippen molar-refractivity contribution in [2.24, 2.45) is 5.73 Å². The predicted octanol–water partition coefficient (Wildman–Crippen LogP) is 3.33. The van der Waals surface area contributed by atoms with Gasteiger partial charge in [-0.15, -0.1) is 0 Å². The van der Waals surface area contributed by atoms with E-state index in [1.54, 1.807) is 24.5 Å². The average Bonchev–Trinajstić information content (AvgIpc) is 3.49. The van der Waals surface area contributed by atoms with E-state index in [1.807, 2.05) is 4.57 Å². The summed E-state index contributed by atoms with van der Waals surface area (Å²) in [5, 5.41) is 4.61. The minimum Gasteiger partial charge on any atom is -0.376 e. The largest absolute Gasteiger partial charge is 0.376 e. The van der Waals surface area contributed by atoms with Crippen LogP contribution in [0.3, 0.4) is 0 Å². The molecule has 0 spiro atoms. The summed E-state index contributed by atoms with van der Waals surface area (Å²) in [5.41, 5.74) is 8.62. The summed E-state index contributed by atoms with van der Waals surface area (Å²) in [6.07, 6.45) is 5.12. The van der Waals surface area contributed by atoms with Crippen LogP contribution in [0, 0.1) is 5.82 Å². The molecule has 0 saturated carbocycles. The number of nitrogens with two attached hydrogens (primary N) is 1. The lowest BCUT2D eigenvalue weighted by Crippen LogP contribution is -2.17. The molecule has 1 saturated heterocycles. The molecule has 4 aromatic rings. The summed E-state index contributed by atoms with van der Waals surface area (Å²) in [4.78, 5) is 20.5. The van der Waals surface area contributed by atoms with Crippen molar-refractivity contribution in [3.05, 3.63) is 59.4 Å². The van der Waals surface area contributed by atoms with E-state index < -0.39 is 11.7 Å². The van der Waals surface area contributed by atoms with Crippen LogP contribution in [0.15, 0.2) is 42.9 Å². The standard InChI is InChI=1S/C21H18ClFN6O2/c22-14-8-12(3-4-15(14)23)19-20(28(11-26-19)10-13-2-1-7-31-13)16-5-6-18-25-9-17(21(24)30)29(18)27-16/h3-6,8-9,11,13H,1-2,7,10H2,(H2,24,30)/t13-/m0/s1. The number of nitrogens with zero attached hydrogens (tertiary/aromatic N) is 5. The predicted molar refractivity (Wildman–Crippen MR) is 112 cm³/mol. The Kier molecular flexibility index (Phi) is 4.91. The summed E-state index contributed by atoms with van der Waals surface area (Å²) in [5.74, 6) is -1.13. The van der Waals surface area contributed by atoms with E-state index in [2.05, 4.69) is 15.1 Å². The van der Waals surface area contributed by atoms with Crippen molar-refractivity contribution in [1.82, 2.24) is 24.1 Å². The van der Waals surface area contributed by atoms with Crippen LogP contribution in [0.25, 0.3) is 28.3 Å². The van der Waals surface area contributed by atoms with Crippen molar-refractivity contribution in [2.45, 2.75) is 25.5 Å². The molecule has 0 aliphatic carbocycles. The maximum atomic E-state index is 13.7. The van der Waals surface area contributed by atoms with Gasteiger partial charge in [0.25, 0.3) is 5.91 Å². The van der Waals surface area contributed by atoms with E-state index in [0.29, 0.717) is 34.8 Å². The zero-order valence-corrected chi connectivity index (χ0v) is 17.1. The van der Waals surface area contributed by atoms with Crippen molar-refractivity contribution < 1.29 is 13.9 Å². The van der Waals surface area contributed by atoms with Crippen LogP contribution in [0.4, 0.5) is 4.39 Å². The van der Waals surface area contributed by atoms with Crippen molar-refractivity contribution in [3.63, 3.8) is 0 Å². The zero-order valence-electron chi connectivity index (χ0n) is 16.3. The summed E-state index contributed by atoms with van der Waals surface area (Å²) in [6.45, 7) is 1.32. The number of aromatic nitrogens is 5. The zero-order chi connectivity index (χ0) is 21.5. The van der Waals surface area contributed by atoms with Crippen LogP contribution in [0.2, 0.25) is 5.02 Å². The number of halogens is 2. The summed E-state index contributed by atoms with van der Waals surface area (Å²) in [6, 6.07) is 8.00. The minimum atomic E-state index is -0.629. The number of primary amides is 1. The van der Waals surface area contributed by atoms with Gasteiger partial charge in [0, 0.05) is 12.2 Å². The van der Waals surface area contributed by atoms with Gasteiger partial charge < -0.3 is 15.0 Å². The Balaban J connectivity index is 1.68. The molecule has 10 heteroatoms. The highest BCUT2D eigenvalue weighted by Gasteiger charge is 2.23. The van der Waals surface area contributed by atoms with Gasteiger partial charge in [0.2, 0.25) is 0 Å². The van der Waals surface area contributed by atoms with E-state index in [1.165, 1.54) is 22.8 Å². The fourth-order valence-corrected chi connectivity index (χ4v) is 4.00. The van der Waals surface area contributed by atoms with Gasteiger partial charge in [0.15, 0.2) is 5.65 Å². The first kappa shape index (κ1) is 19.7. The Labute approximate surface area is 181 Å². The number of rotatable bonds is 5. The molecule has 0 radical (unpaired) electrons. The van der Waals surface area contributed by atoms with Crippen LogP contribution in [0.5, 0.6) is 0 Å². The minimum absolute atomic E-state index is 0.00571. The molecule has 1 atom stereocenters. The molecule has 2 N–H and O–H groups in total. The third kappa shape index (κ3) is 3.55. The second-order valence-electron chi connectivity index (χ2n) is 7.35. The van der Waals surface area contributed by atoms with Gasteiger partial charge in [-0.2, -0.15) is 5.10 Å². The number of benzene rings is 1. The molecule has 158 valence electrons. The van der Waals surface area contributed by atoms with Gasteiger partial charge >= 0.3 is 0 Å². The van der Waals surface area contributed by atoms with E-state index in [9.17, 15) is 9.18 Å². The van der Waals surface area contributed by atoms with Crippen molar-refractivity contribution in [1.29, 1.82) is 0 Å². The van der Waals surface area contributed by atoms with Gasteiger partial charge in [0.05, 0.1) is 41.6 Å². The number of hydrogen-bond acceptors (Lipinski definition) is 5. The number of fused-ring (bicyclic) bond motifs is 1. The van der Waals surface area contributed by atoms with E-state index in [4.69, 9.17) is 22.1 Å². The molecule has 0 unspecified atom stereocenters. The maximum Gasteiger partial charge on any atom is 0.269 e. The number of imidazole rings is 2. The second kappa shape index (κ2) is 7.75. The molecular formula is C21H18ClFN6O2. The van der Waals surface area contributed by atoms with Gasteiger partial charge in [0.1, 0.15) is 17.2 Å². The first-order valence-corrected chi connectivity index (χ1v) is 10.2. The molecule has 3 aromatic heterocycles. The number of carbonyl (C=O) groups is 1. The van der Waals surface area contributed by atoms with Gasteiger partial charge in [-0.1, -0.05) is 11.6 Å². The van der Waals surface area contributed by atoms with Gasteiger partial charge in [-0.05, 0) is 43.2 Å². The molecule has 1 amide bonds. The Morgan fingerprint density at radius 1 is 1.29 bits per heavy atom. The molecule has 0 bridgehead atoms. The van der Waals surface area contributed by atoms with Gasteiger partial charge in [-0.3, -0.25) is 4.79 Å². The van der Waals surface area contributed by atoms with Crippen LogP contribution in [0.1, 0.15) is 23.3 Å². The molecule has 1 aliphatic rings. The van der Waals surface area contributed by atoms with Crippen LogP contribution >= 0.6 is 11.6 Å². The fourth-order valence-electron chi connectivity index (χ4n) is 3.82. The molecule has 4 heterocycles. The summed E-state index contributed by atoms with van der Waals surface area (Å²) < 4.78 is 22.9. The van der Waals surface area contributed by atoms with Crippen molar-refractivity contribution in [2.75, 3.05) is 6.61 Å². The number of carbonyl (C=O) groups excluding carboxylic acids is 1. The maximum absolute atomic E-state index is 13.7. The molecule has 1 fully saturated rings. The monoisotopic (exact) mass is 440 g/mol. The molecule has 1 aromatic carbocycles. The smallest absolute Gasteiger partial charge is 0.269 e. The third-order valence-corrected chi connectivity index (χ3v) is 5.60. The molecule has 8 nitrogen and oxygen atoms in total. The highest BCUT2D eigenvalue weighted by atomic mass is 35.5. The first-order valence-electron chi connectivity index (χ1n) is 9.78. The third-order valence-electron chi connectivity index (χ3n) is 5.31.